The fourth-order valence-electron chi connectivity index (χ4n) is 3.46. The van der Waals surface area contributed by atoms with Crippen molar-refractivity contribution in [1.82, 2.24) is 0 Å². The van der Waals surface area contributed by atoms with E-state index in [1.54, 1.807) is 7.11 Å². The van der Waals surface area contributed by atoms with Crippen molar-refractivity contribution >= 4 is 5.97 Å². The number of carboxylic acids is 1. The van der Waals surface area contributed by atoms with E-state index < -0.39 is 16.8 Å². The lowest BCUT2D eigenvalue weighted by Crippen LogP contribution is -2.64. The zero-order valence-corrected chi connectivity index (χ0v) is 11.0. The molecule has 1 N–H and O–H groups in total. The Balaban J connectivity index is 2.11. The van der Waals surface area contributed by atoms with Gasteiger partial charge in [0.1, 0.15) is 5.75 Å². The Kier molecular flexibility index (Phi) is 2.78. The molecular formula is C15H18O4. The Morgan fingerprint density at radius 3 is 2.42 bits per heavy atom. The number of ether oxygens (including phenoxy) is 2. The van der Waals surface area contributed by atoms with E-state index in [1.807, 2.05) is 24.3 Å². The molecule has 0 amide bonds. The largest absolute Gasteiger partial charge is 0.496 e. The number of carboxylic acid groups (broad SMARTS) is 1. The summed E-state index contributed by atoms with van der Waals surface area (Å²) in [6.45, 7) is 0.944. The third kappa shape index (κ3) is 1.46. The molecule has 1 saturated heterocycles. The molecule has 3 rings (SSSR count). The van der Waals surface area contributed by atoms with Crippen LogP contribution in [0.25, 0.3) is 0 Å². The molecule has 102 valence electrons. The predicted octanol–water partition coefficient (Wildman–Crippen LogP) is 2.22. The monoisotopic (exact) mass is 262 g/mol. The Hall–Kier alpha value is -1.55. The zero-order chi connectivity index (χ0) is 13.5. The van der Waals surface area contributed by atoms with Gasteiger partial charge >= 0.3 is 5.97 Å². The molecule has 4 heteroatoms. The van der Waals surface area contributed by atoms with Crippen LogP contribution in [0.2, 0.25) is 0 Å². The molecule has 0 spiro atoms. The maximum atomic E-state index is 11.8. The van der Waals surface area contributed by atoms with E-state index in [-0.39, 0.29) is 0 Å². The molecule has 0 aromatic heterocycles. The summed E-state index contributed by atoms with van der Waals surface area (Å²) in [7, 11) is 1.63. The maximum absolute atomic E-state index is 11.8. The van der Waals surface area contributed by atoms with E-state index in [1.165, 1.54) is 0 Å². The summed E-state index contributed by atoms with van der Waals surface area (Å²) in [6.07, 6.45) is 2.43. The highest BCUT2D eigenvalue weighted by Gasteiger charge is 2.65. The van der Waals surface area contributed by atoms with Gasteiger partial charge in [-0.1, -0.05) is 24.6 Å². The molecule has 4 nitrogen and oxygen atoms in total. The number of para-hydroxylation sites is 1. The van der Waals surface area contributed by atoms with Gasteiger partial charge in [-0.05, 0) is 18.9 Å². The van der Waals surface area contributed by atoms with Gasteiger partial charge in [-0.25, -0.2) is 0 Å². The van der Waals surface area contributed by atoms with Gasteiger partial charge in [0.2, 0.25) is 0 Å². The molecule has 0 radical (unpaired) electrons. The van der Waals surface area contributed by atoms with Crippen LogP contribution in [0.15, 0.2) is 24.3 Å². The summed E-state index contributed by atoms with van der Waals surface area (Å²) < 4.78 is 10.8. The number of carbonyl (C=O) groups is 1. The van der Waals surface area contributed by atoms with Crippen molar-refractivity contribution in [1.29, 1.82) is 0 Å². The van der Waals surface area contributed by atoms with Crippen LogP contribution in [-0.4, -0.2) is 31.4 Å². The van der Waals surface area contributed by atoms with Crippen molar-refractivity contribution in [2.75, 3.05) is 20.3 Å². The van der Waals surface area contributed by atoms with Crippen molar-refractivity contribution in [3.8, 4) is 5.75 Å². The lowest BCUT2D eigenvalue weighted by molar-refractivity contribution is -0.192. The molecule has 1 aromatic rings. The Morgan fingerprint density at radius 1 is 1.32 bits per heavy atom. The topological polar surface area (TPSA) is 55.8 Å². The van der Waals surface area contributed by atoms with E-state index in [4.69, 9.17) is 9.47 Å². The minimum Gasteiger partial charge on any atom is -0.496 e. The first kappa shape index (κ1) is 12.5. The normalized spacial score (nSPS) is 23.0. The van der Waals surface area contributed by atoms with Crippen LogP contribution in [0.3, 0.4) is 0 Å². The van der Waals surface area contributed by atoms with Gasteiger partial charge in [-0.2, -0.15) is 0 Å². The molecule has 1 aromatic carbocycles. The van der Waals surface area contributed by atoms with E-state index in [2.05, 4.69) is 0 Å². The van der Waals surface area contributed by atoms with Gasteiger partial charge in [0.25, 0.3) is 0 Å². The van der Waals surface area contributed by atoms with Gasteiger partial charge in [0, 0.05) is 5.56 Å². The van der Waals surface area contributed by atoms with E-state index in [0.717, 1.165) is 30.6 Å². The Labute approximate surface area is 112 Å². The fourth-order valence-corrected chi connectivity index (χ4v) is 3.46. The second-order valence-corrected chi connectivity index (χ2v) is 5.52. The van der Waals surface area contributed by atoms with Gasteiger partial charge in [0.05, 0.1) is 31.2 Å². The highest BCUT2D eigenvalue weighted by Crippen LogP contribution is 2.59. The summed E-state index contributed by atoms with van der Waals surface area (Å²) >= 11 is 0. The molecule has 19 heavy (non-hydrogen) atoms. The van der Waals surface area contributed by atoms with Crippen molar-refractivity contribution < 1.29 is 19.4 Å². The second-order valence-electron chi connectivity index (χ2n) is 5.52. The van der Waals surface area contributed by atoms with Crippen molar-refractivity contribution in [2.24, 2.45) is 5.41 Å². The molecule has 1 aliphatic heterocycles. The van der Waals surface area contributed by atoms with Crippen LogP contribution in [0.5, 0.6) is 5.75 Å². The average Bonchev–Trinajstić information content (AvgIpc) is 2.30. The third-order valence-corrected chi connectivity index (χ3v) is 4.85. The molecule has 0 atom stereocenters. The molecule has 1 heterocycles. The number of aliphatic carboxylic acids is 1. The molecule has 0 unspecified atom stereocenters. The molecule has 0 bridgehead atoms. The van der Waals surface area contributed by atoms with Crippen LogP contribution in [0.1, 0.15) is 24.8 Å². The summed E-state index contributed by atoms with van der Waals surface area (Å²) in [5.41, 5.74) is -0.130. The maximum Gasteiger partial charge on any atom is 0.310 e. The SMILES string of the molecule is COc1ccccc1C1(C2(C(=O)O)CCC2)COC1. The number of benzene rings is 1. The smallest absolute Gasteiger partial charge is 0.310 e. The van der Waals surface area contributed by atoms with Crippen molar-refractivity contribution in [3.05, 3.63) is 29.8 Å². The molecule has 2 fully saturated rings. The highest BCUT2D eigenvalue weighted by molar-refractivity contribution is 5.79. The minimum atomic E-state index is -0.701. The molecule has 1 saturated carbocycles. The van der Waals surface area contributed by atoms with Crippen LogP contribution < -0.4 is 4.74 Å². The van der Waals surface area contributed by atoms with Crippen LogP contribution in [0.4, 0.5) is 0 Å². The lowest BCUT2D eigenvalue weighted by atomic mass is 9.49. The van der Waals surface area contributed by atoms with E-state index >= 15 is 0 Å². The van der Waals surface area contributed by atoms with Crippen molar-refractivity contribution in [2.45, 2.75) is 24.7 Å². The zero-order valence-electron chi connectivity index (χ0n) is 11.0. The van der Waals surface area contributed by atoms with Crippen LogP contribution in [-0.2, 0) is 14.9 Å². The summed E-state index contributed by atoms with van der Waals surface area (Å²) in [6, 6.07) is 7.71. The highest BCUT2D eigenvalue weighted by atomic mass is 16.5. The van der Waals surface area contributed by atoms with Crippen LogP contribution in [0, 0.1) is 5.41 Å². The van der Waals surface area contributed by atoms with Gasteiger partial charge in [-0.3, -0.25) is 4.79 Å². The summed E-state index contributed by atoms with van der Waals surface area (Å²) in [5.74, 6) is 0.0614. The average molecular weight is 262 g/mol. The lowest BCUT2D eigenvalue weighted by Gasteiger charge is -2.57. The number of hydrogen-bond donors (Lipinski definition) is 1. The number of hydrogen-bond acceptors (Lipinski definition) is 3. The standard InChI is InChI=1S/C15H18O4/c1-18-12-6-3-2-5-11(12)15(9-19-10-15)14(13(16)17)7-4-8-14/h2-3,5-6H,4,7-10H2,1H3,(H,16,17). The van der Waals surface area contributed by atoms with Crippen molar-refractivity contribution in [3.63, 3.8) is 0 Å². The first-order valence-corrected chi connectivity index (χ1v) is 6.61. The number of methoxy groups -OCH3 is 1. The third-order valence-electron chi connectivity index (χ3n) is 4.85. The number of rotatable bonds is 4. The quantitative estimate of drug-likeness (QED) is 0.904. The first-order chi connectivity index (χ1) is 9.16. The first-order valence-electron chi connectivity index (χ1n) is 6.61. The van der Waals surface area contributed by atoms with Gasteiger partial charge in [-0.15, -0.1) is 0 Å². The van der Waals surface area contributed by atoms with E-state index in [9.17, 15) is 9.90 Å². The summed E-state index contributed by atoms with van der Waals surface area (Å²) in [4.78, 5) is 11.8. The minimum absolute atomic E-state index is 0.427. The van der Waals surface area contributed by atoms with Crippen LogP contribution >= 0.6 is 0 Å². The van der Waals surface area contributed by atoms with Gasteiger partial charge < -0.3 is 14.6 Å². The molecule has 2 aliphatic rings. The van der Waals surface area contributed by atoms with Gasteiger partial charge in [0.15, 0.2) is 0 Å². The predicted molar refractivity (Wildman–Crippen MR) is 69.4 cm³/mol. The fraction of sp³-hybridized carbons (Fsp3) is 0.533. The molecule has 1 aliphatic carbocycles. The Bertz CT molecular complexity index is 501. The summed E-state index contributed by atoms with van der Waals surface area (Å²) in [5, 5.41) is 9.71. The van der Waals surface area contributed by atoms with E-state index in [0.29, 0.717) is 13.2 Å². The molecular weight excluding hydrogens is 244 g/mol. The second kappa shape index (κ2) is 4.23. The Morgan fingerprint density at radius 2 is 2.00 bits per heavy atom.